The first-order chi connectivity index (χ1) is 8.99. The van der Waals surface area contributed by atoms with Gasteiger partial charge in [0, 0.05) is 35.3 Å². The second-order valence-corrected chi connectivity index (χ2v) is 5.81. The van der Waals surface area contributed by atoms with Gasteiger partial charge in [-0.1, -0.05) is 13.8 Å². The van der Waals surface area contributed by atoms with Crippen LogP contribution in [0.1, 0.15) is 23.6 Å². The Morgan fingerprint density at radius 1 is 1.26 bits per heavy atom. The van der Waals surface area contributed by atoms with Crippen LogP contribution < -0.4 is 10.6 Å². The Balaban J connectivity index is 2.17. The monoisotopic (exact) mass is 284 g/mol. The largest absolute Gasteiger partial charge is 0.481 e. The lowest BCUT2D eigenvalue weighted by Gasteiger charge is -2.07. The maximum absolute atomic E-state index is 11.3. The van der Waals surface area contributed by atoms with Crippen molar-refractivity contribution in [2.24, 2.45) is 5.92 Å². The zero-order chi connectivity index (χ0) is 14.3. The highest BCUT2D eigenvalue weighted by Crippen LogP contribution is 2.16. The van der Waals surface area contributed by atoms with Crippen LogP contribution in [0.25, 0.3) is 0 Å². The SMILES string of the molecule is CC(C)C(=O)NCCNCc1ccc(CC(=O)O)s1. The summed E-state index contributed by atoms with van der Waals surface area (Å²) in [6.45, 7) is 5.72. The van der Waals surface area contributed by atoms with E-state index < -0.39 is 5.97 Å². The fraction of sp³-hybridized carbons (Fsp3) is 0.538. The lowest BCUT2D eigenvalue weighted by molar-refractivity contribution is -0.136. The van der Waals surface area contributed by atoms with Gasteiger partial charge in [0.2, 0.25) is 5.91 Å². The van der Waals surface area contributed by atoms with E-state index in [0.717, 1.165) is 9.75 Å². The topological polar surface area (TPSA) is 78.4 Å². The van der Waals surface area contributed by atoms with Crippen LogP contribution in [0.4, 0.5) is 0 Å². The number of carboxylic acid groups (broad SMARTS) is 1. The van der Waals surface area contributed by atoms with Gasteiger partial charge in [0.15, 0.2) is 0 Å². The molecule has 0 saturated heterocycles. The highest BCUT2D eigenvalue weighted by atomic mass is 32.1. The van der Waals surface area contributed by atoms with Gasteiger partial charge in [-0.05, 0) is 12.1 Å². The fourth-order valence-corrected chi connectivity index (χ4v) is 2.43. The minimum Gasteiger partial charge on any atom is -0.481 e. The molecule has 1 aromatic rings. The molecular formula is C13H20N2O3S. The van der Waals surface area contributed by atoms with Gasteiger partial charge in [-0.3, -0.25) is 9.59 Å². The Labute approximate surface area is 117 Å². The van der Waals surface area contributed by atoms with Crippen molar-refractivity contribution < 1.29 is 14.7 Å². The van der Waals surface area contributed by atoms with E-state index in [1.54, 1.807) is 0 Å². The smallest absolute Gasteiger partial charge is 0.308 e. The molecule has 106 valence electrons. The van der Waals surface area contributed by atoms with Crippen molar-refractivity contribution >= 4 is 23.2 Å². The quantitative estimate of drug-likeness (QED) is 0.628. The molecule has 6 heteroatoms. The zero-order valence-corrected chi connectivity index (χ0v) is 12.0. The molecular weight excluding hydrogens is 264 g/mol. The van der Waals surface area contributed by atoms with E-state index in [1.165, 1.54) is 11.3 Å². The molecule has 0 aliphatic heterocycles. The third kappa shape index (κ3) is 6.35. The maximum Gasteiger partial charge on any atom is 0.308 e. The number of thiophene rings is 1. The van der Waals surface area contributed by atoms with E-state index in [2.05, 4.69) is 10.6 Å². The van der Waals surface area contributed by atoms with Gasteiger partial charge in [0.25, 0.3) is 0 Å². The summed E-state index contributed by atoms with van der Waals surface area (Å²) >= 11 is 1.50. The van der Waals surface area contributed by atoms with Gasteiger partial charge in [-0.2, -0.15) is 0 Å². The summed E-state index contributed by atoms with van der Waals surface area (Å²) in [7, 11) is 0. The van der Waals surface area contributed by atoms with E-state index >= 15 is 0 Å². The molecule has 1 aromatic heterocycles. The van der Waals surface area contributed by atoms with E-state index in [9.17, 15) is 9.59 Å². The average Bonchev–Trinajstić information content (AvgIpc) is 2.75. The van der Waals surface area contributed by atoms with Crippen LogP contribution in [-0.4, -0.2) is 30.1 Å². The lowest BCUT2D eigenvalue weighted by Crippen LogP contribution is -2.33. The molecule has 0 unspecified atom stereocenters. The Bertz CT molecular complexity index is 429. The minimum absolute atomic E-state index is 0.0101. The van der Waals surface area contributed by atoms with Gasteiger partial charge < -0.3 is 15.7 Å². The average molecular weight is 284 g/mol. The molecule has 1 heterocycles. The Morgan fingerprint density at radius 2 is 1.95 bits per heavy atom. The van der Waals surface area contributed by atoms with E-state index in [1.807, 2.05) is 26.0 Å². The summed E-state index contributed by atoms with van der Waals surface area (Å²) in [6.07, 6.45) is 0.0785. The minimum atomic E-state index is -0.808. The number of hydrogen-bond acceptors (Lipinski definition) is 4. The molecule has 0 aliphatic rings. The summed E-state index contributed by atoms with van der Waals surface area (Å²) < 4.78 is 0. The predicted molar refractivity (Wildman–Crippen MR) is 75.2 cm³/mol. The van der Waals surface area contributed by atoms with Crippen molar-refractivity contribution in [2.45, 2.75) is 26.8 Å². The molecule has 0 aromatic carbocycles. The van der Waals surface area contributed by atoms with Gasteiger partial charge >= 0.3 is 5.97 Å². The van der Waals surface area contributed by atoms with Crippen molar-refractivity contribution in [1.29, 1.82) is 0 Å². The summed E-state index contributed by atoms with van der Waals surface area (Å²) in [5.74, 6) is -0.740. The fourth-order valence-electron chi connectivity index (χ4n) is 1.45. The van der Waals surface area contributed by atoms with Gasteiger partial charge in [0.1, 0.15) is 0 Å². The number of carboxylic acids is 1. The second kappa shape index (κ2) is 7.91. The van der Waals surface area contributed by atoms with E-state index in [4.69, 9.17) is 5.11 Å². The first-order valence-corrected chi connectivity index (χ1v) is 7.08. The number of amides is 1. The highest BCUT2D eigenvalue weighted by Gasteiger charge is 2.06. The van der Waals surface area contributed by atoms with Crippen molar-refractivity contribution in [3.05, 3.63) is 21.9 Å². The molecule has 0 atom stereocenters. The standard InChI is InChI=1S/C13H20N2O3S/c1-9(2)13(18)15-6-5-14-8-11-4-3-10(19-11)7-12(16)17/h3-4,9,14H,5-8H2,1-2H3,(H,15,18)(H,16,17). The summed E-state index contributed by atoms with van der Waals surface area (Å²) in [5.41, 5.74) is 0. The van der Waals surface area contributed by atoms with Crippen LogP contribution in [0, 0.1) is 5.92 Å². The molecule has 0 spiro atoms. The van der Waals surface area contributed by atoms with Crippen LogP contribution in [-0.2, 0) is 22.6 Å². The van der Waals surface area contributed by atoms with Crippen molar-refractivity contribution in [3.8, 4) is 0 Å². The van der Waals surface area contributed by atoms with Gasteiger partial charge in [-0.15, -0.1) is 11.3 Å². The van der Waals surface area contributed by atoms with E-state index in [0.29, 0.717) is 19.6 Å². The van der Waals surface area contributed by atoms with Gasteiger partial charge in [0.05, 0.1) is 6.42 Å². The van der Waals surface area contributed by atoms with Crippen LogP contribution in [0.15, 0.2) is 12.1 Å². The number of rotatable bonds is 8. The summed E-state index contributed by atoms with van der Waals surface area (Å²) in [4.78, 5) is 23.8. The highest BCUT2D eigenvalue weighted by molar-refractivity contribution is 7.12. The Hall–Kier alpha value is -1.40. The molecule has 0 radical (unpaired) electrons. The molecule has 5 nitrogen and oxygen atoms in total. The molecule has 1 amide bonds. The first kappa shape index (κ1) is 15.7. The molecule has 0 fully saturated rings. The van der Waals surface area contributed by atoms with Crippen molar-refractivity contribution in [2.75, 3.05) is 13.1 Å². The number of carbonyl (C=O) groups is 2. The Kier molecular flexibility index (Phi) is 6.52. The molecule has 0 bridgehead atoms. The second-order valence-electron chi connectivity index (χ2n) is 4.56. The molecule has 1 rings (SSSR count). The first-order valence-electron chi connectivity index (χ1n) is 6.27. The normalized spacial score (nSPS) is 10.7. The van der Waals surface area contributed by atoms with Crippen LogP contribution in [0.5, 0.6) is 0 Å². The summed E-state index contributed by atoms with van der Waals surface area (Å²) in [6, 6.07) is 3.78. The van der Waals surface area contributed by atoms with Crippen LogP contribution in [0.2, 0.25) is 0 Å². The maximum atomic E-state index is 11.3. The molecule has 0 saturated carbocycles. The third-order valence-corrected chi connectivity index (χ3v) is 3.55. The van der Waals surface area contributed by atoms with Crippen molar-refractivity contribution in [1.82, 2.24) is 10.6 Å². The lowest BCUT2D eigenvalue weighted by atomic mass is 10.2. The zero-order valence-electron chi connectivity index (χ0n) is 11.2. The van der Waals surface area contributed by atoms with E-state index in [-0.39, 0.29) is 18.2 Å². The number of hydrogen-bond donors (Lipinski definition) is 3. The number of nitrogens with one attached hydrogen (secondary N) is 2. The molecule has 0 aliphatic carbocycles. The number of carbonyl (C=O) groups excluding carboxylic acids is 1. The number of aliphatic carboxylic acids is 1. The predicted octanol–water partition coefficient (Wildman–Crippen LogP) is 1.24. The molecule has 3 N–H and O–H groups in total. The Morgan fingerprint density at radius 3 is 2.58 bits per heavy atom. The van der Waals surface area contributed by atoms with Crippen molar-refractivity contribution in [3.63, 3.8) is 0 Å². The summed E-state index contributed by atoms with van der Waals surface area (Å²) in [5, 5.41) is 14.7. The molecule has 19 heavy (non-hydrogen) atoms. The van der Waals surface area contributed by atoms with Crippen LogP contribution in [0.3, 0.4) is 0 Å². The van der Waals surface area contributed by atoms with Crippen LogP contribution >= 0.6 is 11.3 Å². The third-order valence-electron chi connectivity index (χ3n) is 2.47. The van der Waals surface area contributed by atoms with Gasteiger partial charge in [-0.25, -0.2) is 0 Å².